The van der Waals surface area contributed by atoms with Crippen LogP contribution >= 0.6 is 0 Å². The molecule has 1 heterocycles. The van der Waals surface area contributed by atoms with Crippen molar-refractivity contribution in [2.75, 3.05) is 0 Å². The maximum Gasteiger partial charge on any atom is -1.00 e. The van der Waals surface area contributed by atoms with Gasteiger partial charge in [0.1, 0.15) is 0 Å². The second-order valence-electron chi connectivity index (χ2n) is 11.1. The van der Waals surface area contributed by atoms with Gasteiger partial charge < -0.3 is 24.8 Å². The van der Waals surface area contributed by atoms with E-state index >= 15 is 0 Å². The molecule has 0 bridgehead atoms. The molecule has 1 saturated heterocycles. The Morgan fingerprint density at radius 3 is 1.43 bits per heavy atom. The molecule has 0 amide bonds. The van der Waals surface area contributed by atoms with E-state index in [0.29, 0.717) is 0 Å². The van der Waals surface area contributed by atoms with Gasteiger partial charge in [-0.2, -0.15) is 0 Å². The van der Waals surface area contributed by atoms with E-state index in [0.717, 1.165) is 8.45 Å². The van der Waals surface area contributed by atoms with Crippen molar-refractivity contribution in [1.82, 2.24) is 0 Å². The van der Waals surface area contributed by atoms with Crippen molar-refractivity contribution in [1.29, 1.82) is 0 Å². The summed E-state index contributed by atoms with van der Waals surface area (Å²) in [5.74, 6) is 0. The van der Waals surface area contributed by atoms with E-state index in [2.05, 4.69) is 98.8 Å². The molecule has 4 aromatic carbocycles. The Morgan fingerprint density at radius 1 is 0.595 bits per heavy atom. The maximum absolute atomic E-state index is 2.64. The van der Waals surface area contributed by atoms with Crippen LogP contribution in [0.3, 0.4) is 0 Å². The summed E-state index contributed by atoms with van der Waals surface area (Å²) in [5.41, 5.74) is 9.98. The fourth-order valence-electron chi connectivity index (χ4n) is 7.64. The van der Waals surface area contributed by atoms with Crippen LogP contribution in [0, 0.1) is 0 Å². The fourth-order valence-corrected chi connectivity index (χ4v) is 18.0. The molecule has 1 aliphatic heterocycles. The van der Waals surface area contributed by atoms with Gasteiger partial charge in [0, 0.05) is 0 Å². The molecular formula is C34H34Cl2Ti. The first-order chi connectivity index (χ1) is 17.2. The van der Waals surface area contributed by atoms with Gasteiger partial charge in [0.05, 0.1) is 0 Å². The summed E-state index contributed by atoms with van der Waals surface area (Å²) < 4.78 is 4.51. The van der Waals surface area contributed by atoms with Crippen LogP contribution in [0.5, 0.6) is 0 Å². The molecule has 0 aromatic heterocycles. The third-order valence-electron chi connectivity index (χ3n) is 9.09. The van der Waals surface area contributed by atoms with Gasteiger partial charge >= 0.3 is 214 Å². The number of halogens is 2. The molecule has 0 radical (unpaired) electrons. The molecule has 4 aromatic rings. The second kappa shape index (κ2) is 10.4. The molecule has 3 heteroatoms. The van der Waals surface area contributed by atoms with Gasteiger partial charge in [-0.05, 0) is 0 Å². The molecule has 0 nitrogen and oxygen atoms in total. The Morgan fingerprint density at radius 2 is 1.03 bits per heavy atom. The quantitative estimate of drug-likeness (QED) is 0.310. The molecule has 0 spiro atoms. The van der Waals surface area contributed by atoms with Crippen molar-refractivity contribution >= 4 is 33.7 Å². The van der Waals surface area contributed by atoms with Crippen LogP contribution in [-0.4, -0.2) is 0 Å². The van der Waals surface area contributed by atoms with Crippen molar-refractivity contribution in [3.05, 3.63) is 106 Å². The zero-order valence-corrected chi connectivity index (χ0v) is 24.8. The largest absolute Gasteiger partial charge is 1.00 e. The molecule has 2 unspecified atom stereocenters. The van der Waals surface area contributed by atoms with Crippen LogP contribution in [0.2, 0.25) is 9.45 Å². The average Bonchev–Trinajstić information content (AvgIpc) is 3.43. The summed E-state index contributed by atoms with van der Waals surface area (Å²) in [6, 6.07) is 27.9. The van der Waals surface area contributed by atoms with Crippen LogP contribution in [0.4, 0.5) is 0 Å². The Kier molecular flexibility index (Phi) is 7.51. The van der Waals surface area contributed by atoms with Crippen molar-refractivity contribution in [2.45, 2.75) is 57.4 Å². The van der Waals surface area contributed by atoms with Crippen LogP contribution in [0.1, 0.15) is 70.2 Å². The average molecular weight is 561 g/mol. The molecule has 0 N–H and O–H groups in total. The van der Waals surface area contributed by atoms with Crippen molar-refractivity contribution in [2.24, 2.45) is 0 Å². The smallest absolute Gasteiger partial charge is 1.00 e. The van der Waals surface area contributed by atoms with Gasteiger partial charge in [-0.15, -0.1) is 0 Å². The standard InChI is InChI=1S/2C16H15.C2H4.2ClH.Ti/c2*1-2-5-12-10-14-9-8-13-6-3-4-7-15(13)16(14)11-12;1-2;;;/h2*3-4,6-11H,2,5H2,1H3;1-2H2;2*1H;/q;;;;;+2/p-2. The van der Waals surface area contributed by atoms with Crippen LogP contribution in [0.15, 0.2) is 83.9 Å². The van der Waals surface area contributed by atoms with E-state index in [1.54, 1.807) is 33.4 Å². The van der Waals surface area contributed by atoms with E-state index < -0.39 is 16.6 Å². The molecule has 188 valence electrons. The van der Waals surface area contributed by atoms with E-state index in [-0.39, 0.29) is 24.8 Å². The molecule has 37 heavy (non-hydrogen) atoms. The van der Waals surface area contributed by atoms with Crippen molar-refractivity contribution in [3.8, 4) is 0 Å². The number of fused-ring (bicyclic) bond motifs is 6. The minimum Gasteiger partial charge on any atom is -1.00 e. The summed E-state index contributed by atoms with van der Waals surface area (Å²) >= 11 is -2.28. The van der Waals surface area contributed by atoms with Gasteiger partial charge in [0.2, 0.25) is 0 Å². The summed E-state index contributed by atoms with van der Waals surface area (Å²) in [4.78, 5) is 0. The van der Waals surface area contributed by atoms with E-state index in [4.69, 9.17) is 0 Å². The predicted molar refractivity (Wildman–Crippen MR) is 149 cm³/mol. The van der Waals surface area contributed by atoms with E-state index in [1.807, 2.05) is 0 Å². The van der Waals surface area contributed by atoms with Gasteiger partial charge in [0.25, 0.3) is 0 Å². The van der Waals surface area contributed by atoms with Crippen LogP contribution in [-0.2, 0) is 16.6 Å². The third kappa shape index (κ3) is 4.07. The van der Waals surface area contributed by atoms with Crippen molar-refractivity contribution in [3.63, 3.8) is 0 Å². The van der Waals surface area contributed by atoms with Gasteiger partial charge in [-0.1, -0.05) is 0 Å². The van der Waals surface area contributed by atoms with Gasteiger partial charge in [-0.25, -0.2) is 0 Å². The van der Waals surface area contributed by atoms with Crippen LogP contribution < -0.4 is 24.8 Å². The Labute approximate surface area is 237 Å². The first kappa shape index (κ1) is 26.8. The minimum atomic E-state index is -2.28. The normalized spacial score (nSPS) is 19.6. The SMILES string of the molecule is CCCC1=Cc2c(ccc3ccccc23)[CH]1[Ti+2]1([CH]2C(CCC)=Cc3c2ccc2ccccc32)[CH2][CH2]1.[Cl-].[Cl-]. The van der Waals surface area contributed by atoms with E-state index in [1.165, 1.54) is 56.7 Å². The Bertz CT molecular complexity index is 1430. The summed E-state index contributed by atoms with van der Waals surface area (Å²) in [6.45, 7) is 4.73. The topological polar surface area (TPSA) is 0 Å². The van der Waals surface area contributed by atoms with Crippen LogP contribution in [0.25, 0.3) is 33.7 Å². The number of rotatable bonds is 6. The molecule has 0 saturated carbocycles. The second-order valence-corrected chi connectivity index (χ2v) is 18.3. The maximum atomic E-state index is 2.64. The summed E-state index contributed by atoms with van der Waals surface area (Å²) in [5, 5.41) is 5.70. The molecule has 2 atom stereocenters. The third-order valence-corrected chi connectivity index (χ3v) is 17.4. The van der Waals surface area contributed by atoms with E-state index in [9.17, 15) is 0 Å². The molecule has 7 rings (SSSR count). The monoisotopic (exact) mass is 560 g/mol. The first-order valence-electron chi connectivity index (χ1n) is 13.7. The fraction of sp³-hybridized carbons (Fsp3) is 0.294. The summed E-state index contributed by atoms with van der Waals surface area (Å²) in [6.07, 6.45) is 10.3. The number of allylic oxidation sites excluding steroid dienone is 2. The molecule has 2 aliphatic carbocycles. The minimum absolute atomic E-state index is 0. The molecule has 1 fully saturated rings. The predicted octanol–water partition coefficient (Wildman–Crippen LogP) is 4.18. The number of hydrogen-bond acceptors (Lipinski definition) is 0. The summed E-state index contributed by atoms with van der Waals surface area (Å²) in [7, 11) is 0. The molecular weight excluding hydrogens is 527 g/mol. The number of benzene rings is 4. The first-order valence-corrected chi connectivity index (χ1v) is 17.7. The zero-order chi connectivity index (χ0) is 23.6. The van der Waals surface area contributed by atoms with Crippen molar-refractivity contribution < 1.29 is 41.4 Å². The zero-order valence-electron chi connectivity index (χ0n) is 21.7. The Balaban J connectivity index is 0.00000140. The van der Waals surface area contributed by atoms with Gasteiger partial charge in [0.15, 0.2) is 0 Å². The molecule has 3 aliphatic rings. The van der Waals surface area contributed by atoms with Gasteiger partial charge in [-0.3, -0.25) is 0 Å². The Hall–Kier alpha value is -1.83. The number of hydrogen-bond donors (Lipinski definition) is 0.